The molecule has 0 bridgehead atoms. The Morgan fingerprint density at radius 1 is 1.50 bits per heavy atom. The maximum atomic E-state index is 11.3. The topological polar surface area (TPSA) is 45.7 Å². The molecule has 0 saturated heterocycles. The van der Waals surface area contributed by atoms with E-state index >= 15 is 0 Å². The minimum absolute atomic E-state index is 0.0361. The van der Waals surface area contributed by atoms with Crippen molar-refractivity contribution in [3.63, 3.8) is 0 Å². The lowest BCUT2D eigenvalue weighted by atomic mass is 10.3. The van der Waals surface area contributed by atoms with Crippen LogP contribution in [0.25, 0.3) is 0 Å². The first-order valence-corrected chi connectivity index (χ1v) is 5.71. The fraction of sp³-hybridized carbons (Fsp3) is 0.300. The number of amides is 1. The van der Waals surface area contributed by atoms with Crippen LogP contribution in [0.5, 0.6) is 0 Å². The van der Waals surface area contributed by atoms with Crippen molar-refractivity contribution in [1.82, 2.24) is 0 Å². The average molecular weight is 211 g/mol. The highest BCUT2D eigenvalue weighted by Gasteiger charge is 2.05. The number of carbonyl (C=O) groups is 1. The number of likely N-dealkylation sites (N-methyl/N-ethyl adjacent to an activating group) is 1. The van der Waals surface area contributed by atoms with Gasteiger partial charge in [-0.3, -0.25) is 4.79 Å². The number of nitrogens with one attached hydrogen (secondary N) is 1. The Morgan fingerprint density at radius 3 is 2.86 bits per heavy atom. The molecule has 0 aliphatic heterocycles. The van der Waals surface area contributed by atoms with Crippen LogP contribution < -0.4 is 10.6 Å². The second-order valence-electron chi connectivity index (χ2n) is 2.86. The first-order chi connectivity index (χ1) is 6.77. The van der Waals surface area contributed by atoms with Gasteiger partial charge in [0.15, 0.2) is 6.54 Å². The molecule has 0 aliphatic rings. The Balaban J connectivity index is 2.70. The standard InChI is InChI=1S/C10H14N2OS/c1-11-7-10(13)12-8-5-3-4-6-9(8)14-2/h3-6,11H,7H2,1-2H3,(H,12,13)/p+1. The number of benzene rings is 1. The van der Waals surface area contributed by atoms with Gasteiger partial charge in [0.2, 0.25) is 0 Å². The smallest absolute Gasteiger partial charge is 0.279 e. The summed E-state index contributed by atoms with van der Waals surface area (Å²) in [4.78, 5) is 12.4. The fourth-order valence-corrected chi connectivity index (χ4v) is 1.69. The predicted octanol–water partition coefficient (Wildman–Crippen LogP) is 0.540. The Morgan fingerprint density at radius 2 is 2.21 bits per heavy atom. The molecule has 0 heterocycles. The van der Waals surface area contributed by atoms with Crippen molar-refractivity contribution >= 4 is 23.4 Å². The summed E-state index contributed by atoms with van der Waals surface area (Å²) in [6.07, 6.45) is 2.00. The van der Waals surface area contributed by atoms with Gasteiger partial charge >= 0.3 is 0 Å². The van der Waals surface area contributed by atoms with E-state index < -0.39 is 0 Å². The largest absolute Gasteiger partial charge is 0.341 e. The van der Waals surface area contributed by atoms with Crippen LogP contribution in [0.4, 0.5) is 5.69 Å². The van der Waals surface area contributed by atoms with Crippen LogP contribution in [0.3, 0.4) is 0 Å². The number of anilines is 1. The minimum atomic E-state index is 0.0361. The van der Waals surface area contributed by atoms with Gasteiger partial charge in [-0.1, -0.05) is 12.1 Å². The summed E-state index contributed by atoms with van der Waals surface area (Å²) >= 11 is 1.63. The predicted molar refractivity (Wildman–Crippen MR) is 59.6 cm³/mol. The first kappa shape index (κ1) is 11.1. The quantitative estimate of drug-likeness (QED) is 0.714. The number of hydrogen-bond acceptors (Lipinski definition) is 2. The van der Waals surface area contributed by atoms with Gasteiger partial charge in [-0.25, -0.2) is 0 Å². The maximum absolute atomic E-state index is 11.3. The van der Waals surface area contributed by atoms with Gasteiger partial charge in [-0.2, -0.15) is 0 Å². The van der Waals surface area contributed by atoms with Crippen molar-refractivity contribution in [1.29, 1.82) is 0 Å². The number of para-hydroxylation sites is 1. The average Bonchev–Trinajstić information content (AvgIpc) is 2.19. The van der Waals surface area contributed by atoms with Gasteiger partial charge in [0, 0.05) is 4.90 Å². The highest BCUT2D eigenvalue weighted by atomic mass is 32.2. The van der Waals surface area contributed by atoms with E-state index in [-0.39, 0.29) is 5.91 Å². The summed E-state index contributed by atoms with van der Waals surface area (Å²) in [5.74, 6) is 0.0361. The van der Waals surface area contributed by atoms with Crippen molar-refractivity contribution < 1.29 is 10.1 Å². The molecule has 0 radical (unpaired) electrons. The van der Waals surface area contributed by atoms with Gasteiger partial charge in [0.05, 0.1) is 12.7 Å². The van der Waals surface area contributed by atoms with Gasteiger partial charge in [0.1, 0.15) is 0 Å². The lowest BCUT2D eigenvalue weighted by Gasteiger charge is -2.07. The van der Waals surface area contributed by atoms with E-state index in [1.807, 2.05) is 42.9 Å². The zero-order valence-corrected chi connectivity index (χ0v) is 9.23. The molecule has 0 atom stereocenters. The second kappa shape index (κ2) is 5.67. The van der Waals surface area contributed by atoms with Crippen molar-refractivity contribution in [2.45, 2.75) is 4.90 Å². The molecule has 0 unspecified atom stereocenters. The molecule has 0 aromatic heterocycles. The molecule has 4 heteroatoms. The number of rotatable bonds is 4. The number of nitrogens with two attached hydrogens (primary N) is 1. The Kier molecular flexibility index (Phi) is 4.49. The summed E-state index contributed by atoms with van der Waals surface area (Å²) in [6.45, 7) is 0.461. The van der Waals surface area contributed by atoms with Crippen molar-refractivity contribution in [3.8, 4) is 0 Å². The number of carbonyl (C=O) groups excluding carboxylic acids is 1. The Hall–Kier alpha value is -1.00. The zero-order valence-electron chi connectivity index (χ0n) is 8.41. The third-order valence-electron chi connectivity index (χ3n) is 1.77. The third-order valence-corrected chi connectivity index (χ3v) is 2.57. The fourth-order valence-electron chi connectivity index (χ4n) is 1.13. The van der Waals surface area contributed by atoms with Crippen molar-refractivity contribution in [2.24, 2.45) is 0 Å². The van der Waals surface area contributed by atoms with Crippen molar-refractivity contribution in [2.75, 3.05) is 25.2 Å². The normalized spacial score (nSPS) is 9.86. The lowest BCUT2D eigenvalue weighted by Crippen LogP contribution is -2.82. The van der Waals surface area contributed by atoms with E-state index in [1.54, 1.807) is 11.8 Å². The maximum Gasteiger partial charge on any atom is 0.279 e. The SMILES string of the molecule is C[NH2+]CC(=O)Nc1ccccc1SC. The number of hydrogen-bond donors (Lipinski definition) is 2. The summed E-state index contributed by atoms with van der Waals surface area (Å²) in [7, 11) is 1.88. The molecule has 1 rings (SSSR count). The van der Waals surface area contributed by atoms with E-state index in [0.29, 0.717) is 6.54 Å². The van der Waals surface area contributed by atoms with Crippen LogP contribution in [-0.2, 0) is 4.79 Å². The molecular weight excluding hydrogens is 196 g/mol. The Bertz CT molecular complexity index is 315. The molecule has 1 aromatic rings. The summed E-state index contributed by atoms with van der Waals surface area (Å²) < 4.78 is 0. The lowest BCUT2D eigenvalue weighted by molar-refractivity contribution is -0.615. The molecule has 76 valence electrons. The molecule has 1 amide bonds. The van der Waals surface area contributed by atoms with E-state index in [2.05, 4.69) is 5.32 Å². The Labute approximate surface area is 88.3 Å². The second-order valence-corrected chi connectivity index (χ2v) is 3.71. The third kappa shape index (κ3) is 3.05. The van der Waals surface area contributed by atoms with E-state index in [1.165, 1.54) is 0 Å². The number of thioether (sulfide) groups is 1. The molecule has 0 spiro atoms. The highest BCUT2D eigenvalue weighted by molar-refractivity contribution is 7.98. The zero-order chi connectivity index (χ0) is 10.4. The van der Waals surface area contributed by atoms with Crippen LogP contribution >= 0.6 is 11.8 Å². The van der Waals surface area contributed by atoms with E-state index in [9.17, 15) is 4.79 Å². The van der Waals surface area contributed by atoms with Gasteiger partial charge in [0.25, 0.3) is 5.91 Å². The minimum Gasteiger partial charge on any atom is -0.341 e. The van der Waals surface area contributed by atoms with Crippen LogP contribution in [0.1, 0.15) is 0 Å². The summed E-state index contributed by atoms with van der Waals surface area (Å²) in [5, 5.41) is 4.72. The molecule has 1 aromatic carbocycles. The van der Waals surface area contributed by atoms with Crippen LogP contribution in [0, 0.1) is 0 Å². The van der Waals surface area contributed by atoms with Crippen LogP contribution in [0.2, 0.25) is 0 Å². The monoisotopic (exact) mass is 211 g/mol. The van der Waals surface area contributed by atoms with E-state index in [4.69, 9.17) is 0 Å². The number of quaternary nitrogens is 1. The van der Waals surface area contributed by atoms with Crippen LogP contribution in [0.15, 0.2) is 29.2 Å². The molecule has 14 heavy (non-hydrogen) atoms. The van der Waals surface area contributed by atoms with Crippen LogP contribution in [-0.4, -0.2) is 25.8 Å². The molecule has 3 N–H and O–H groups in total. The van der Waals surface area contributed by atoms with Gasteiger partial charge in [-0.05, 0) is 18.4 Å². The molecule has 0 fully saturated rings. The summed E-state index contributed by atoms with van der Waals surface area (Å²) in [6, 6.07) is 7.80. The highest BCUT2D eigenvalue weighted by Crippen LogP contribution is 2.24. The van der Waals surface area contributed by atoms with Crippen molar-refractivity contribution in [3.05, 3.63) is 24.3 Å². The molecular formula is C10H15N2OS+. The van der Waals surface area contributed by atoms with Gasteiger partial charge in [-0.15, -0.1) is 11.8 Å². The molecule has 0 aliphatic carbocycles. The first-order valence-electron chi connectivity index (χ1n) is 4.48. The van der Waals surface area contributed by atoms with E-state index in [0.717, 1.165) is 10.6 Å². The molecule has 0 saturated carbocycles. The molecule has 3 nitrogen and oxygen atoms in total. The van der Waals surface area contributed by atoms with Gasteiger partial charge < -0.3 is 10.6 Å². The summed E-state index contributed by atoms with van der Waals surface area (Å²) in [5.41, 5.74) is 0.895.